The Hall–Kier alpha value is -2.49. The third-order valence-electron chi connectivity index (χ3n) is 3.16. The molecule has 3 aromatic rings. The van der Waals surface area contributed by atoms with Crippen molar-refractivity contribution in [1.29, 1.82) is 0 Å². The molecule has 0 radical (unpaired) electrons. The van der Waals surface area contributed by atoms with Crippen molar-refractivity contribution < 1.29 is 4.74 Å². The van der Waals surface area contributed by atoms with E-state index in [0.717, 1.165) is 29.0 Å². The number of rotatable bonds is 5. The largest absolute Gasteiger partial charge is 0.494 e. The number of fused-ring (bicyclic) bond motifs is 1. The van der Waals surface area contributed by atoms with Crippen LogP contribution in [0.1, 0.15) is 12.5 Å². The van der Waals surface area contributed by atoms with Crippen molar-refractivity contribution in [1.82, 2.24) is 9.97 Å². The van der Waals surface area contributed by atoms with Crippen LogP contribution in [-0.4, -0.2) is 16.6 Å². The Bertz CT molecular complexity index is 706. The van der Waals surface area contributed by atoms with Crippen LogP contribution in [0.4, 0.5) is 5.69 Å². The number of benzene rings is 1. The highest BCUT2D eigenvalue weighted by Gasteiger charge is 2.03. The second-order valence-electron chi connectivity index (χ2n) is 4.53. The van der Waals surface area contributed by atoms with E-state index in [1.165, 1.54) is 5.56 Å². The van der Waals surface area contributed by atoms with E-state index in [0.29, 0.717) is 6.61 Å². The summed E-state index contributed by atoms with van der Waals surface area (Å²) in [6, 6.07) is 12.0. The number of aromatic nitrogens is 2. The van der Waals surface area contributed by atoms with Gasteiger partial charge >= 0.3 is 0 Å². The Kier molecular flexibility index (Phi) is 3.54. The Morgan fingerprint density at radius 2 is 2.20 bits per heavy atom. The minimum atomic E-state index is 0.678. The first-order valence-corrected chi connectivity index (χ1v) is 6.74. The van der Waals surface area contributed by atoms with E-state index in [9.17, 15) is 0 Å². The molecule has 2 N–H and O–H groups in total. The summed E-state index contributed by atoms with van der Waals surface area (Å²) in [5.74, 6) is 0.887. The second-order valence-corrected chi connectivity index (χ2v) is 4.53. The average Bonchev–Trinajstić information content (AvgIpc) is 2.89. The minimum absolute atomic E-state index is 0.678. The van der Waals surface area contributed by atoms with E-state index in [2.05, 4.69) is 21.4 Å². The van der Waals surface area contributed by atoms with E-state index < -0.39 is 0 Å². The fourth-order valence-electron chi connectivity index (χ4n) is 2.22. The molecule has 0 saturated carbocycles. The lowest BCUT2D eigenvalue weighted by Crippen LogP contribution is -1.99. The fourth-order valence-corrected chi connectivity index (χ4v) is 2.22. The Morgan fingerprint density at radius 1 is 1.25 bits per heavy atom. The lowest BCUT2D eigenvalue weighted by Gasteiger charge is -2.08. The molecule has 2 heterocycles. The van der Waals surface area contributed by atoms with Gasteiger partial charge in [-0.15, -0.1) is 0 Å². The standard InChI is InChI=1S/C16H17N3O/c1-2-20-14-6-3-5-13(9-14)18-10-12-11-19-16-15(12)7-4-8-17-16/h3-9,11,18H,2,10H2,1H3,(H,17,19). The maximum atomic E-state index is 5.50. The molecule has 0 amide bonds. The number of anilines is 1. The molecule has 1 aromatic carbocycles. The summed E-state index contributed by atoms with van der Waals surface area (Å²) in [5, 5.41) is 4.56. The molecule has 4 nitrogen and oxygen atoms in total. The minimum Gasteiger partial charge on any atom is -0.494 e. The SMILES string of the molecule is CCOc1cccc(NCc2c[nH]c3ncccc23)c1. The van der Waals surface area contributed by atoms with Crippen LogP contribution in [0.3, 0.4) is 0 Å². The van der Waals surface area contributed by atoms with Gasteiger partial charge in [-0.05, 0) is 36.8 Å². The zero-order chi connectivity index (χ0) is 13.8. The lowest BCUT2D eigenvalue weighted by atomic mass is 10.2. The van der Waals surface area contributed by atoms with Crippen LogP contribution in [0.5, 0.6) is 5.75 Å². The van der Waals surface area contributed by atoms with E-state index >= 15 is 0 Å². The summed E-state index contributed by atoms with van der Waals surface area (Å²) in [6.45, 7) is 3.41. The van der Waals surface area contributed by atoms with Crippen LogP contribution < -0.4 is 10.1 Å². The number of hydrogen-bond donors (Lipinski definition) is 2. The molecular weight excluding hydrogens is 250 g/mol. The smallest absolute Gasteiger partial charge is 0.137 e. The molecule has 20 heavy (non-hydrogen) atoms. The van der Waals surface area contributed by atoms with Gasteiger partial charge in [-0.2, -0.15) is 0 Å². The van der Waals surface area contributed by atoms with Crippen LogP contribution >= 0.6 is 0 Å². The van der Waals surface area contributed by atoms with Crippen LogP contribution in [0.25, 0.3) is 11.0 Å². The van der Waals surface area contributed by atoms with Gasteiger partial charge in [0.05, 0.1) is 6.61 Å². The molecule has 3 rings (SSSR count). The molecule has 0 unspecified atom stereocenters. The first-order chi connectivity index (χ1) is 9.86. The number of nitrogens with one attached hydrogen (secondary N) is 2. The van der Waals surface area contributed by atoms with Crippen molar-refractivity contribution in [3.63, 3.8) is 0 Å². The van der Waals surface area contributed by atoms with Gasteiger partial charge in [0.1, 0.15) is 11.4 Å². The van der Waals surface area contributed by atoms with Gasteiger partial charge in [-0.3, -0.25) is 0 Å². The van der Waals surface area contributed by atoms with E-state index in [1.54, 1.807) is 6.20 Å². The van der Waals surface area contributed by atoms with Crippen LogP contribution in [0.15, 0.2) is 48.8 Å². The fraction of sp³-hybridized carbons (Fsp3) is 0.188. The maximum absolute atomic E-state index is 5.50. The molecule has 4 heteroatoms. The number of ether oxygens (including phenoxy) is 1. The molecular formula is C16H17N3O. The predicted molar refractivity (Wildman–Crippen MR) is 81.0 cm³/mol. The van der Waals surface area contributed by atoms with Gasteiger partial charge in [0.2, 0.25) is 0 Å². The van der Waals surface area contributed by atoms with Crippen LogP contribution in [0, 0.1) is 0 Å². The molecule has 2 aromatic heterocycles. The van der Waals surface area contributed by atoms with E-state index in [-0.39, 0.29) is 0 Å². The van der Waals surface area contributed by atoms with Crippen molar-refractivity contribution in [3.8, 4) is 5.75 Å². The quantitative estimate of drug-likeness (QED) is 0.743. The van der Waals surface area contributed by atoms with E-state index in [1.807, 2.05) is 43.5 Å². The number of H-pyrrole nitrogens is 1. The van der Waals surface area contributed by atoms with E-state index in [4.69, 9.17) is 4.74 Å². The van der Waals surface area contributed by atoms with Crippen molar-refractivity contribution >= 4 is 16.7 Å². The second kappa shape index (κ2) is 5.65. The first kappa shape index (κ1) is 12.5. The van der Waals surface area contributed by atoms with Crippen molar-refractivity contribution in [3.05, 3.63) is 54.4 Å². The monoisotopic (exact) mass is 267 g/mol. The number of pyridine rings is 1. The maximum Gasteiger partial charge on any atom is 0.137 e. The average molecular weight is 267 g/mol. The zero-order valence-corrected chi connectivity index (χ0v) is 11.4. The molecule has 0 aliphatic rings. The van der Waals surface area contributed by atoms with Gasteiger partial charge in [-0.25, -0.2) is 4.98 Å². The Balaban J connectivity index is 1.74. The lowest BCUT2D eigenvalue weighted by molar-refractivity contribution is 0.340. The number of hydrogen-bond acceptors (Lipinski definition) is 3. The Morgan fingerprint density at radius 3 is 3.10 bits per heavy atom. The third-order valence-corrected chi connectivity index (χ3v) is 3.16. The van der Waals surface area contributed by atoms with Crippen LogP contribution in [-0.2, 0) is 6.54 Å². The van der Waals surface area contributed by atoms with Crippen molar-refractivity contribution in [2.45, 2.75) is 13.5 Å². The van der Waals surface area contributed by atoms with Gasteiger partial charge in [0.25, 0.3) is 0 Å². The first-order valence-electron chi connectivity index (χ1n) is 6.74. The molecule has 0 aliphatic carbocycles. The molecule has 102 valence electrons. The summed E-state index contributed by atoms with van der Waals surface area (Å²) in [7, 11) is 0. The highest BCUT2D eigenvalue weighted by molar-refractivity contribution is 5.79. The van der Waals surface area contributed by atoms with Crippen molar-refractivity contribution in [2.24, 2.45) is 0 Å². The van der Waals surface area contributed by atoms with Gasteiger partial charge < -0.3 is 15.0 Å². The molecule has 0 bridgehead atoms. The van der Waals surface area contributed by atoms with Gasteiger partial charge in [0.15, 0.2) is 0 Å². The highest BCUT2D eigenvalue weighted by atomic mass is 16.5. The van der Waals surface area contributed by atoms with Crippen LogP contribution in [0.2, 0.25) is 0 Å². The van der Waals surface area contributed by atoms with Crippen molar-refractivity contribution in [2.75, 3.05) is 11.9 Å². The molecule has 0 aliphatic heterocycles. The zero-order valence-electron chi connectivity index (χ0n) is 11.4. The van der Waals surface area contributed by atoms with Gasteiger partial charge in [0, 0.05) is 36.1 Å². The summed E-state index contributed by atoms with van der Waals surface area (Å²) >= 11 is 0. The number of nitrogens with zero attached hydrogens (tertiary/aromatic N) is 1. The Labute approximate surface area is 117 Å². The normalized spacial score (nSPS) is 10.7. The summed E-state index contributed by atoms with van der Waals surface area (Å²) in [4.78, 5) is 7.47. The highest BCUT2D eigenvalue weighted by Crippen LogP contribution is 2.20. The number of aromatic amines is 1. The summed E-state index contributed by atoms with van der Waals surface area (Å²) < 4.78 is 5.50. The van der Waals surface area contributed by atoms with Gasteiger partial charge in [-0.1, -0.05) is 6.07 Å². The third kappa shape index (κ3) is 2.59. The molecule has 0 saturated heterocycles. The molecule has 0 fully saturated rings. The summed E-state index contributed by atoms with van der Waals surface area (Å²) in [5.41, 5.74) is 3.18. The molecule has 0 atom stereocenters. The predicted octanol–water partition coefficient (Wildman–Crippen LogP) is 3.57. The molecule has 0 spiro atoms. The topological polar surface area (TPSA) is 49.9 Å². The summed E-state index contributed by atoms with van der Waals surface area (Å²) in [6.07, 6.45) is 3.79.